The molecule has 0 saturated carbocycles. The lowest BCUT2D eigenvalue weighted by molar-refractivity contribution is 0.604. The van der Waals surface area contributed by atoms with Crippen molar-refractivity contribution in [3.63, 3.8) is 0 Å². The summed E-state index contributed by atoms with van der Waals surface area (Å²) in [6.07, 6.45) is 1.69. The molecule has 26 heavy (non-hydrogen) atoms. The number of aromatic nitrogens is 2. The highest BCUT2D eigenvalue weighted by molar-refractivity contribution is 7.80. The van der Waals surface area contributed by atoms with Crippen molar-refractivity contribution in [3.8, 4) is 0 Å². The monoisotopic (exact) mass is 375 g/mol. The Kier molecular flexibility index (Phi) is 6.57. The van der Waals surface area contributed by atoms with E-state index in [-0.39, 0.29) is 11.5 Å². The van der Waals surface area contributed by atoms with Crippen LogP contribution in [0.2, 0.25) is 0 Å². The van der Waals surface area contributed by atoms with Gasteiger partial charge >= 0.3 is 5.69 Å². The molecule has 0 radical (unpaired) electrons. The van der Waals surface area contributed by atoms with Gasteiger partial charge in [0.15, 0.2) is 10.8 Å². The number of nitrogens with two attached hydrogens (primary N) is 1. The summed E-state index contributed by atoms with van der Waals surface area (Å²) in [6.45, 7) is 6.74. The summed E-state index contributed by atoms with van der Waals surface area (Å²) in [6, 6.07) is 7.75. The van der Waals surface area contributed by atoms with Gasteiger partial charge in [0.25, 0.3) is 5.56 Å². The topological polar surface area (TPSA) is 96.2 Å². The fourth-order valence-corrected chi connectivity index (χ4v) is 3.03. The van der Waals surface area contributed by atoms with E-state index in [0.717, 1.165) is 24.1 Å². The molecular formula is C18H25N5O2S. The third kappa shape index (κ3) is 4.32. The van der Waals surface area contributed by atoms with Crippen LogP contribution >= 0.6 is 12.2 Å². The average molecular weight is 375 g/mol. The number of rotatable bonds is 6. The van der Waals surface area contributed by atoms with Crippen molar-refractivity contribution in [2.75, 3.05) is 22.5 Å². The number of nitrogens with one attached hydrogen (secondary N) is 2. The Labute approximate surface area is 157 Å². The maximum atomic E-state index is 12.4. The van der Waals surface area contributed by atoms with Crippen LogP contribution in [0.15, 0.2) is 33.9 Å². The van der Waals surface area contributed by atoms with E-state index in [1.54, 1.807) is 4.90 Å². The van der Waals surface area contributed by atoms with Gasteiger partial charge in [-0.3, -0.25) is 14.3 Å². The van der Waals surface area contributed by atoms with Crippen LogP contribution in [0.3, 0.4) is 0 Å². The second-order valence-corrected chi connectivity index (χ2v) is 6.43. The second-order valence-electron chi connectivity index (χ2n) is 6.04. The lowest BCUT2D eigenvalue weighted by Crippen LogP contribution is -2.42. The molecule has 8 heteroatoms. The number of nitrogen functional groups attached to an aromatic ring is 1. The SMILES string of the molecule is CCCCn1c(N)c(N(CC)C(=S)Nc2cccc(C)c2)c(=O)[nH]c1=O. The van der Waals surface area contributed by atoms with Gasteiger partial charge in [-0.2, -0.15) is 0 Å². The second kappa shape index (κ2) is 8.66. The van der Waals surface area contributed by atoms with Crippen molar-refractivity contribution in [2.45, 2.75) is 40.2 Å². The van der Waals surface area contributed by atoms with Gasteiger partial charge < -0.3 is 16.0 Å². The molecule has 4 N–H and O–H groups in total. The van der Waals surface area contributed by atoms with Crippen molar-refractivity contribution >= 4 is 34.5 Å². The third-order valence-corrected chi connectivity index (χ3v) is 4.37. The molecule has 0 unspecified atom stereocenters. The number of nitrogens with zero attached hydrogens (tertiary/aromatic N) is 2. The molecule has 2 rings (SSSR count). The maximum Gasteiger partial charge on any atom is 0.330 e. The van der Waals surface area contributed by atoms with E-state index < -0.39 is 11.2 Å². The van der Waals surface area contributed by atoms with Gasteiger partial charge in [0.2, 0.25) is 0 Å². The molecule has 0 amide bonds. The smallest absolute Gasteiger partial charge is 0.330 e. The quantitative estimate of drug-likeness (QED) is 0.671. The zero-order chi connectivity index (χ0) is 19.3. The maximum absolute atomic E-state index is 12.4. The number of hydrogen-bond acceptors (Lipinski definition) is 4. The summed E-state index contributed by atoms with van der Waals surface area (Å²) in [5, 5.41) is 3.47. The van der Waals surface area contributed by atoms with Crippen LogP contribution in [0.4, 0.5) is 17.2 Å². The van der Waals surface area contributed by atoms with Gasteiger partial charge in [0.05, 0.1) is 0 Å². The predicted octanol–water partition coefficient (Wildman–Crippen LogP) is 2.45. The molecule has 0 spiro atoms. The molecule has 140 valence electrons. The van der Waals surface area contributed by atoms with E-state index in [1.807, 2.05) is 45.0 Å². The summed E-state index contributed by atoms with van der Waals surface area (Å²) < 4.78 is 1.39. The fourth-order valence-electron chi connectivity index (χ4n) is 2.69. The Bertz CT molecular complexity index is 903. The van der Waals surface area contributed by atoms with Crippen LogP contribution in [-0.4, -0.2) is 21.2 Å². The Hall–Kier alpha value is -2.61. The zero-order valence-corrected chi connectivity index (χ0v) is 16.2. The average Bonchev–Trinajstić information content (AvgIpc) is 2.58. The molecule has 0 aliphatic rings. The lowest BCUT2D eigenvalue weighted by Gasteiger charge is -2.26. The Morgan fingerprint density at radius 1 is 1.35 bits per heavy atom. The van der Waals surface area contributed by atoms with Gasteiger partial charge in [-0.1, -0.05) is 25.5 Å². The van der Waals surface area contributed by atoms with Crippen LogP contribution in [0.5, 0.6) is 0 Å². The highest BCUT2D eigenvalue weighted by atomic mass is 32.1. The van der Waals surface area contributed by atoms with E-state index in [0.29, 0.717) is 18.2 Å². The van der Waals surface area contributed by atoms with Crippen molar-refractivity contribution < 1.29 is 0 Å². The zero-order valence-electron chi connectivity index (χ0n) is 15.3. The fraction of sp³-hybridized carbons (Fsp3) is 0.389. The highest BCUT2D eigenvalue weighted by Gasteiger charge is 2.20. The summed E-state index contributed by atoms with van der Waals surface area (Å²) in [7, 11) is 0. The molecule has 0 atom stereocenters. The van der Waals surface area contributed by atoms with E-state index in [1.165, 1.54) is 4.57 Å². The van der Waals surface area contributed by atoms with Gasteiger partial charge in [-0.25, -0.2) is 4.79 Å². The van der Waals surface area contributed by atoms with Crippen molar-refractivity contribution in [1.82, 2.24) is 9.55 Å². The Balaban J connectivity index is 2.41. The molecule has 0 bridgehead atoms. The van der Waals surface area contributed by atoms with Crippen LogP contribution in [0, 0.1) is 6.92 Å². The predicted molar refractivity (Wildman–Crippen MR) is 111 cm³/mol. The largest absolute Gasteiger partial charge is 0.383 e. The molecule has 2 aromatic rings. The third-order valence-electron chi connectivity index (χ3n) is 4.05. The number of aromatic amines is 1. The van der Waals surface area contributed by atoms with Crippen molar-refractivity contribution in [2.24, 2.45) is 0 Å². The van der Waals surface area contributed by atoms with E-state index in [4.69, 9.17) is 18.0 Å². The minimum Gasteiger partial charge on any atom is -0.383 e. The van der Waals surface area contributed by atoms with Crippen LogP contribution in [0.25, 0.3) is 0 Å². The molecule has 7 nitrogen and oxygen atoms in total. The Morgan fingerprint density at radius 2 is 2.08 bits per heavy atom. The Morgan fingerprint density at radius 3 is 2.69 bits per heavy atom. The number of H-pyrrole nitrogens is 1. The van der Waals surface area contributed by atoms with Crippen molar-refractivity contribution in [3.05, 3.63) is 50.7 Å². The summed E-state index contributed by atoms with van der Waals surface area (Å²) >= 11 is 5.48. The molecule has 1 heterocycles. The first-order chi connectivity index (χ1) is 12.4. The van der Waals surface area contributed by atoms with Crippen LogP contribution < -0.4 is 27.2 Å². The minimum absolute atomic E-state index is 0.127. The van der Waals surface area contributed by atoms with Crippen LogP contribution in [0.1, 0.15) is 32.3 Å². The number of thiocarbonyl (C=S) groups is 1. The number of aryl methyl sites for hydroxylation is 1. The molecule has 0 aliphatic carbocycles. The first-order valence-electron chi connectivity index (χ1n) is 8.66. The number of hydrogen-bond donors (Lipinski definition) is 3. The first kappa shape index (κ1) is 19.7. The van der Waals surface area contributed by atoms with Gasteiger partial charge in [-0.05, 0) is 50.2 Å². The summed E-state index contributed by atoms with van der Waals surface area (Å²) in [4.78, 5) is 28.5. The van der Waals surface area contributed by atoms with Crippen LogP contribution in [-0.2, 0) is 6.54 Å². The van der Waals surface area contributed by atoms with Gasteiger partial charge in [0.1, 0.15) is 5.82 Å². The lowest BCUT2D eigenvalue weighted by atomic mass is 10.2. The van der Waals surface area contributed by atoms with E-state index in [2.05, 4.69) is 10.3 Å². The van der Waals surface area contributed by atoms with E-state index >= 15 is 0 Å². The van der Waals surface area contributed by atoms with Crippen molar-refractivity contribution in [1.29, 1.82) is 0 Å². The molecular weight excluding hydrogens is 350 g/mol. The molecule has 1 aromatic carbocycles. The van der Waals surface area contributed by atoms with Gasteiger partial charge in [0, 0.05) is 18.8 Å². The molecule has 0 saturated heterocycles. The molecule has 1 aromatic heterocycles. The highest BCUT2D eigenvalue weighted by Crippen LogP contribution is 2.19. The number of benzene rings is 1. The summed E-state index contributed by atoms with van der Waals surface area (Å²) in [5.74, 6) is 0.127. The normalized spacial score (nSPS) is 10.6. The standard InChI is InChI=1S/C18H25N5O2S/c1-4-6-10-23-15(19)14(16(24)21-17(23)25)22(5-2)18(26)20-13-9-7-8-12(3)11-13/h7-9,11H,4-6,10,19H2,1-3H3,(H,20,26)(H,21,24,25). The van der Waals surface area contributed by atoms with E-state index in [9.17, 15) is 9.59 Å². The minimum atomic E-state index is -0.546. The molecule has 0 fully saturated rings. The first-order valence-corrected chi connectivity index (χ1v) is 9.07. The number of anilines is 3. The molecule has 0 aliphatic heterocycles. The summed E-state index contributed by atoms with van der Waals surface area (Å²) in [5.41, 5.74) is 7.22. The van der Waals surface area contributed by atoms with Gasteiger partial charge in [-0.15, -0.1) is 0 Å². The number of unbranched alkanes of at least 4 members (excludes halogenated alkanes) is 1.